The highest BCUT2D eigenvalue weighted by Gasteiger charge is 2.36. The summed E-state index contributed by atoms with van der Waals surface area (Å²) < 4.78 is 2.06. The highest BCUT2D eigenvalue weighted by atomic mass is 35.5. The van der Waals surface area contributed by atoms with Crippen LogP contribution in [0.15, 0.2) is 39.9 Å². The van der Waals surface area contributed by atoms with Gasteiger partial charge in [0.1, 0.15) is 5.04 Å². The van der Waals surface area contributed by atoms with Crippen LogP contribution >= 0.6 is 23.4 Å². The van der Waals surface area contributed by atoms with Crippen molar-refractivity contribution >= 4 is 57.3 Å². The van der Waals surface area contributed by atoms with Gasteiger partial charge < -0.3 is 9.47 Å². The Balaban J connectivity index is 1.42. The largest absolute Gasteiger partial charge is 0.342 e. The van der Waals surface area contributed by atoms with E-state index in [1.54, 1.807) is 6.08 Å². The maximum Gasteiger partial charge on any atom is 0.283 e. The van der Waals surface area contributed by atoms with Crippen molar-refractivity contribution in [2.75, 3.05) is 13.1 Å². The van der Waals surface area contributed by atoms with E-state index in [0.29, 0.717) is 15.2 Å². The number of nitrogens with one attached hydrogen (secondary N) is 1. The van der Waals surface area contributed by atoms with Gasteiger partial charge in [-0.15, -0.1) is 0 Å². The van der Waals surface area contributed by atoms with Crippen LogP contribution in [0.4, 0.5) is 0 Å². The van der Waals surface area contributed by atoms with Crippen LogP contribution in [-0.4, -0.2) is 55.4 Å². The number of aryl methyl sites for hydroxylation is 2. The number of carbonyl (C=O) groups excluding carboxylic acids is 2. The van der Waals surface area contributed by atoms with E-state index < -0.39 is 5.91 Å². The second-order valence-electron chi connectivity index (χ2n) is 8.87. The van der Waals surface area contributed by atoms with Gasteiger partial charge in [0.25, 0.3) is 5.91 Å². The Kier molecular flexibility index (Phi) is 6.14. The molecule has 0 saturated carbocycles. The number of amidine groups is 2. The minimum absolute atomic E-state index is 0.0199. The van der Waals surface area contributed by atoms with Crippen molar-refractivity contribution in [1.82, 2.24) is 14.5 Å². The van der Waals surface area contributed by atoms with E-state index in [-0.39, 0.29) is 23.7 Å². The smallest absolute Gasteiger partial charge is 0.283 e. The van der Waals surface area contributed by atoms with Gasteiger partial charge >= 0.3 is 0 Å². The van der Waals surface area contributed by atoms with Gasteiger partial charge in [-0.25, -0.2) is 0 Å². The number of amides is 2. The predicted molar refractivity (Wildman–Crippen MR) is 140 cm³/mol. The summed E-state index contributed by atoms with van der Waals surface area (Å²) in [6.07, 6.45) is 3.89. The quantitative estimate of drug-likeness (QED) is 0.606. The van der Waals surface area contributed by atoms with Crippen molar-refractivity contribution in [2.24, 2.45) is 10.1 Å². The summed E-state index contributed by atoms with van der Waals surface area (Å²) in [5.74, 6) is -0.509. The molecule has 0 unspecified atom stereocenters. The fourth-order valence-electron chi connectivity index (χ4n) is 4.52. The van der Waals surface area contributed by atoms with Gasteiger partial charge in [-0.1, -0.05) is 17.7 Å². The van der Waals surface area contributed by atoms with Crippen LogP contribution in [0.25, 0.3) is 11.8 Å². The number of hydrogen-bond donors (Lipinski definition) is 1. The van der Waals surface area contributed by atoms with Crippen LogP contribution in [0.2, 0.25) is 5.02 Å². The number of benzene rings is 1. The van der Waals surface area contributed by atoms with E-state index in [2.05, 4.69) is 14.7 Å². The Morgan fingerprint density at radius 1 is 1.20 bits per heavy atom. The number of likely N-dealkylation sites (tertiary alicyclic amines) is 1. The Morgan fingerprint density at radius 3 is 2.66 bits per heavy atom. The number of aromatic nitrogens is 1. The van der Waals surface area contributed by atoms with E-state index in [1.807, 2.05) is 49.9 Å². The first kappa shape index (κ1) is 23.6. The van der Waals surface area contributed by atoms with E-state index in [9.17, 15) is 9.59 Å². The fraction of sp³-hybridized carbons (Fsp3) is 0.320. The lowest BCUT2D eigenvalue weighted by molar-refractivity contribution is -0.128. The van der Waals surface area contributed by atoms with Crippen LogP contribution in [-0.2, 0) is 9.59 Å². The molecule has 1 aromatic carbocycles. The number of fused-ring (bicyclic) bond motifs is 1. The third kappa shape index (κ3) is 4.34. The summed E-state index contributed by atoms with van der Waals surface area (Å²) in [6.45, 7) is 7.45. The highest BCUT2D eigenvalue weighted by molar-refractivity contribution is 8.27. The molecule has 1 N–H and O–H groups in total. The van der Waals surface area contributed by atoms with Crippen LogP contribution < -0.4 is 0 Å². The number of halogens is 1. The van der Waals surface area contributed by atoms with Crippen LogP contribution in [0.3, 0.4) is 0 Å². The van der Waals surface area contributed by atoms with Crippen molar-refractivity contribution in [2.45, 2.75) is 40.0 Å². The summed E-state index contributed by atoms with van der Waals surface area (Å²) in [5.41, 5.74) is 4.80. The summed E-state index contributed by atoms with van der Waals surface area (Å²) in [7, 11) is 0. The summed E-state index contributed by atoms with van der Waals surface area (Å²) in [4.78, 5) is 31.4. The van der Waals surface area contributed by atoms with E-state index in [1.165, 1.54) is 16.8 Å². The molecule has 180 valence electrons. The molecule has 4 heterocycles. The second-order valence-corrected chi connectivity index (χ2v) is 10.3. The molecular weight excluding hydrogens is 484 g/mol. The normalized spacial score (nSPS) is 18.9. The zero-order valence-electron chi connectivity index (χ0n) is 19.8. The average Bonchev–Trinajstić information content (AvgIpc) is 3.53. The van der Waals surface area contributed by atoms with Crippen LogP contribution in [0.5, 0.6) is 0 Å². The molecule has 0 atom stereocenters. The van der Waals surface area contributed by atoms with E-state index >= 15 is 0 Å². The third-order valence-electron chi connectivity index (χ3n) is 6.44. The number of hydrazone groups is 1. The molecule has 0 radical (unpaired) electrons. The molecule has 5 rings (SSSR count). The molecule has 3 aliphatic heterocycles. The molecule has 2 aromatic rings. The van der Waals surface area contributed by atoms with Crippen LogP contribution in [0.1, 0.15) is 41.8 Å². The fourth-order valence-corrected chi connectivity index (χ4v) is 5.57. The maximum absolute atomic E-state index is 12.9. The number of rotatable bonds is 4. The Labute approximate surface area is 212 Å². The topological polar surface area (TPSA) is 94.1 Å². The van der Waals surface area contributed by atoms with Gasteiger partial charge in [0.15, 0.2) is 5.84 Å². The molecule has 0 aliphatic carbocycles. The lowest BCUT2D eigenvalue weighted by Crippen LogP contribution is -2.35. The Morgan fingerprint density at radius 2 is 1.94 bits per heavy atom. The molecule has 1 aromatic heterocycles. The molecule has 1 fully saturated rings. The molecule has 35 heavy (non-hydrogen) atoms. The standard InChI is InChI=1S/C25H25ClN6O2S/c1-14-6-7-18(12-20(14)26)31-15(2)10-17(16(31)3)11-19-23(27)32-25(28-24(19)34)35-21(29-32)13-22(33)30-8-4-5-9-30/h6-7,10-12,27H,4-5,8-9,13H2,1-3H3. The maximum atomic E-state index is 12.9. The van der Waals surface area contributed by atoms with Crippen molar-refractivity contribution in [3.8, 4) is 5.69 Å². The highest BCUT2D eigenvalue weighted by Crippen LogP contribution is 2.31. The molecule has 0 spiro atoms. The molecule has 8 nitrogen and oxygen atoms in total. The Bertz CT molecular complexity index is 1370. The lowest BCUT2D eigenvalue weighted by Gasteiger charge is -2.20. The SMILES string of the molecule is Cc1ccc(-n2c(C)cc(C=C3C(=N)N4N=C(CC(=O)N5CCCC5)SC4=NC3=O)c2C)cc1Cl. The molecular formula is C25H25ClN6O2S. The summed E-state index contributed by atoms with van der Waals surface area (Å²) in [6, 6.07) is 7.86. The van der Waals surface area contributed by atoms with E-state index in [0.717, 1.165) is 54.1 Å². The number of aliphatic imine (C=N–C) groups is 1. The van der Waals surface area contributed by atoms with Crippen molar-refractivity contribution in [1.29, 1.82) is 5.41 Å². The molecule has 2 amide bonds. The number of nitrogens with zero attached hydrogens (tertiary/aromatic N) is 5. The van der Waals surface area contributed by atoms with Crippen LogP contribution in [0, 0.1) is 26.2 Å². The van der Waals surface area contributed by atoms with Gasteiger partial charge in [-0.05, 0) is 80.8 Å². The summed E-state index contributed by atoms with van der Waals surface area (Å²) in [5, 5.41) is 16.0. The minimum atomic E-state index is -0.487. The number of carbonyl (C=O) groups is 2. The molecule has 3 aliphatic rings. The lowest BCUT2D eigenvalue weighted by atomic mass is 10.1. The van der Waals surface area contributed by atoms with E-state index in [4.69, 9.17) is 17.0 Å². The molecule has 0 bridgehead atoms. The number of hydrogen-bond acceptors (Lipinski definition) is 5. The average molecular weight is 509 g/mol. The zero-order valence-corrected chi connectivity index (χ0v) is 21.3. The van der Waals surface area contributed by atoms with Crippen molar-refractivity contribution < 1.29 is 9.59 Å². The first-order valence-electron chi connectivity index (χ1n) is 11.5. The van der Waals surface area contributed by atoms with Gasteiger partial charge in [0, 0.05) is 35.2 Å². The van der Waals surface area contributed by atoms with Crippen molar-refractivity contribution in [3.05, 3.63) is 57.4 Å². The molecule has 1 saturated heterocycles. The number of thioether (sulfide) groups is 1. The monoisotopic (exact) mass is 508 g/mol. The van der Waals surface area contributed by atoms with Gasteiger partial charge in [0.2, 0.25) is 11.1 Å². The third-order valence-corrected chi connectivity index (χ3v) is 7.76. The molecule has 10 heteroatoms. The van der Waals surface area contributed by atoms with Gasteiger partial charge in [0.05, 0.1) is 12.0 Å². The van der Waals surface area contributed by atoms with Gasteiger partial charge in [-0.3, -0.25) is 15.0 Å². The summed E-state index contributed by atoms with van der Waals surface area (Å²) >= 11 is 7.52. The Hall–Kier alpha value is -3.17. The second kappa shape index (κ2) is 9.13. The first-order chi connectivity index (χ1) is 16.7. The van der Waals surface area contributed by atoms with Gasteiger partial charge in [-0.2, -0.15) is 15.1 Å². The van der Waals surface area contributed by atoms with Crippen molar-refractivity contribution in [3.63, 3.8) is 0 Å². The minimum Gasteiger partial charge on any atom is -0.342 e. The first-order valence-corrected chi connectivity index (χ1v) is 12.6. The predicted octanol–water partition coefficient (Wildman–Crippen LogP) is 4.69. The zero-order chi connectivity index (χ0) is 24.9.